The molecule has 2 heteroatoms. The van der Waals surface area contributed by atoms with Crippen molar-refractivity contribution in [3.63, 3.8) is 0 Å². The van der Waals surface area contributed by atoms with Crippen LogP contribution in [0.25, 0.3) is 10.8 Å². The van der Waals surface area contributed by atoms with Crippen molar-refractivity contribution in [3.8, 4) is 0 Å². The number of fused-ring (bicyclic) bond motifs is 2. The van der Waals surface area contributed by atoms with Crippen LogP contribution in [0.4, 0.5) is 8.78 Å². The van der Waals surface area contributed by atoms with E-state index >= 15 is 0 Å². The van der Waals surface area contributed by atoms with Crippen molar-refractivity contribution in [1.82, 2.24) is 0 Å². The minimum atomic E-state index is -0.674. The van der Waals surface area contributed by atoms with Crippen LogP contribution >= 0.6 is 0 Å². The number of halogens is 2. The Labute approximate surface area is 118 Å². The molecule has 0 N–H and O–H groups in total. The second-order valence-electron chi connectivity index (χ2n) is 6.10. The first-order valence-corrected chi connectivity index (χ1v) is 7.52. The minimum absolute atomic E-state index is 0.440. The fourth-order valence-corrected chi connectivity index (χ4v) is 3.28. The van der Waals surface area contributed by atoms with Crippen LogP contribution in [-0.4, -0.2) is 0 Å². The summed E-state index contributed by atoms with van der Waals surface area (Å²) in [6.45, 7) is 4.20. The molecule has 1 atom stereocenters. The highest BCUT2D eigenvalue weighted by Gasteiger charge is 2.19. The van der Waals surface area contributed by atoms with Crippen molar-refractivity contribution in [1.29, 1.82) is 0 Å². The average Bonchev–Trinajstić information content (AvgIpc) is 2.43. The molecule has 0 aromatic heterocycles. The molecule has 1 aliphatic carbocycles. The molecule has 0 nitrogen and oxygen atoms in total. The molecule has 0 saturated carbocycles. The van der Waals surface area contributed by atoms with Gasteiger partial charge < -0.3 is 0 Å². The van der Waals surface area contributed by atoms with Crippen LogP contribution in [-0.2, 0) is 19.3 Å². The van der Waals surface area contributed by atoms with Gasteiger partial charge in [-0.25, -0.2) is 8.78 Å². The van der Waals surface area contributed by atoms with Gasteiger partial charge in [0.05, 0.1) is 0 Å². The molecular weight excluding hydrogens is 254 g/mol. The lowest BCUT2D eigenvalue weighted by molar-refractivity contribution is 0.498. The van der Waals surface area contributed by atoms with Crippen molar-refractivity contribution in [2.75, 3.05) is 0 Å². The normalized spacial score (nSPS) is 18.3. The zero-order valence-corrected chi connectivity index (χ0v) is 12.1. The molecule has 0 saturated heterocycles. The van der Waals surface area contributed by atoms with Gasteiger partial charge in [0.2, 0.25) is 0 Å². The second kappa shape index (κ2) is 5.16. The molecule has 0 amide bonds. The Bertz CT molecular complexity index is 658. The molecule has 0 radical (unpaired) electrons. The highest BCUT2D eigenvalue weighted by atomic mass is 19.2. The molecule has 20 heavy (non-hydrogen) atoms. The average molecular weight is 274 g/mol. The third-order valence-electron chi connectivity index (χ3n) is 4.41. The Hall–Kier alpha value is -1.44. The standard InChI is InChI=1S/C18H20F2/c1-3-4-13-9-15-8-12-6-5-11(2)7-14(12)10-16(15)18(20)17(13)19/h8-11H,3-7H2,1-2H3. The van der Waals surface area contributed by atoms with Gasteiger partial charge in [-0.05, 0) is 65.8 Å². The monoisotopic (exact) mass is 274 g/mol. The van der Waals surface area contributed by atoms with Gasteiger partial charge in [-0.1, -0.05) is 26.3 Å². The highest BCUT2D eigenvalue weighted by molar-refractivity contribution is 5.85. The molecule has 0 spiro atoms. The van der Waals surface area contributed by atoms with Crippen LogP contribution in [0, 0.1) is 17.6 Å². The third-order valence-corrected chi connectivity index (χ3v) is 4.41. The second-order valence-corrected chi connectivity index (χ2v) is 6.10. The first-order valence-electron chi connectivity index (χ1n) is 7.52. The van der Waals surface area contributed by atoms with E-state index in [-0.39, 0.29) is 0 Å². The number of benzene rings is 2. The van der Waals surface area contributed by atoms with Crippen molar-refractivity contribution >= 4 is 10.8 Å². The molecule has 1 aliphatic rings. The largest absolute Gasteiger partial charge is 0.203 e. The van der Waals surface area contributed by atoms with Crippen molar-refractivity contribution in [3.05, 3.63) is 46.5 Å². The van der Waals surface area contributed by atoms with Crippen LogP contribution < -0.4 is 0 Å². The van der Waals surface area contributed by atoms with Gasteiger partial charge >= 0.3 is 0 Å². The van der Waals surface area contributed by atoms with Gasteiger partial charge in [0.15, 0.2) is 11.6 Å². The summed E-state index contributed by atoms with van der Waals surface area (Å²) in [5.74, 6) is -0.706. The summed E-state index contributed by atoms with van der Waals surface area (Å²) < 4.78 is 28.3. The van der Waals surface area contributed by atoms with Crippen LogP contribution in [0.15, 0.2) is 18.2 Å². The molecule has 2 aromatic carbocycles. The Morgan fingerprint density at radius 2 is 1.90 bits per heavy atom. The minimum Gasteiger partial charge on any atom is -0.203 e. The van der Waals surface area contributed by atoms with Crippen LogP contribution in [0.2, 0.25) is 0 Å². The Kier molecular flexibility index (Phi) is 3.49. The first kappa shape index (κ1) is 13.5. The summed E-state index contributed by atoms with van der Waals surface area (Å²) in [6, 6.07) is 5.77. The van der Waals surface area contributed by atoms with Crippen LogP contribution in [0.1, 0.15) is 43.4 Å². The zero-order chi connectivity index (χ0) is 14.3. The topological polar surface area (TPSA) is 0 Å². The predicted molar refractivity (Wildman–Crippen MR) is 79.0 cm³/mol. The van der Waals surface area contributed by atoms with Gasteiger partial charge in [-0.2, -0.15) is 0 Å². The van der Waals surface area contributed by atoms with E-state index in [9.17, 15) is 8.78 Å². The van der Waals surface area contributed by atoms with Crippen LogP contribution in [0.3, 0.4) is 0 Å². The first-order chi connectivity index (χ1) is 9.60. The number of rotatable bonds is 2. The van der Waals surface area contributed by atoms with Crippen molar-refractivity contribution in [2.45, 2.75) is 46.0 Å². The van der Waals surface area contributed by atoms with Gasteiger partial charge in [0, 0.05) is 5.39 Å². The van der Waals surface area contributed by atoms with E-state index in [0.29, 0.717) is 23.3 Å². The third kappa shape index (κ3) is 2.21. The lowest BCUT2D eigenvalue weighted by atomic mass is 9.83. The van der Waals surface area contributed by atoms with Gasteiger partial charge in [-0.15, -0.1) is 0 Å². The quantitative estimate of drug-likeness (QED) is 0.706. The van der Waals surface area contributed by atoms with E-state index < -0.39 is 11.6 Å². The molecule has 0 fully saturated rings. The summed E-state index contributed by atoms with van der Waals surface area (Å²) >= 11 is 0. The van der Waals surface area contributed by atoms with E-state index in [4.69, 9.17) is 0 Å². The van der Waals surface area contributed by atoms with Crippen molar-refractivity contribution in [2.24, 2.45) is 5.92 Å². The predicted octanol–water partition coefficient (Wildman–Crippen LogP) is 5.20. The molecule has 2 aromatic rings. The van der Waals surface area contributed by atoms with Crippen LogP contribution in [0.5, 0.6) is 0 Å². The number of hydrogen-bond donors (Lipinski definition) is 0. The van der Waals surface area contributed by atoms with E-state index in [1.165, 1.54) is 17.5 Å². The van der Waals surface area contributed by atoms with Gasteiger partial charge in [0.1, 0.15) is 0 Å². The highest BCUT2D eigenvalue weighted by Crippen LogP contribution is 2.32. The molecule has 0 heterocycles. The molecule has 0 bridgehead atoms. The summed E-state index contributed by atoms with van der Waals surface area (Å²) in [7, 11) is 0. The lowest BCUT2D eigenvalue weighted by Gasteiger charge is -2.22. The van der Waals surface area contributed by atoms with E-state index in [2.05, 4.69) is 13.0 Å². The Morgan fingerprint density at radius 3 is 2.65 bits per heavy atom. The number of aryl methyl sites for hydroxylation is 2. The fourth-order valence-electron chi connectivity index (χ4n) is 3.28. The van der Waals surface area contributed by atoms with E-state index in [1.807, 2.05) is 19.1 Å². The lowest BCUT2D eigenvalue weighted by Crippen LogP contribution is -2.11. The molecule has 0 aliphatic heterocycles. The van der Waals surface area contributed by atoms with Gasteiger partial charge in [-0.3, -0.25) is 0 Å². The summed E-state index contributed by atoms with van der Waals surface area (Å²) in [6.07, 6.45) is 4.62. The summed E-state index contributed by atoms with van der Waals surface area (Å²) in [4.78, 5) is 0. The molecular formula is C18H20F2. The maximum absolute atomic E-state index is 14.3. The van der Waals surface area contributed by atoms with E-state index in [0.717, 1.165) is 24.6 Å². The Balaban J connectivity index is 2.20. The summed E-state index contributed by atoms with van der Waals surface area (Å²) in [5, 5.41) is 1.29. The molecule has 3 rings (SSSR count). The SMILES string of the molecule is CCCc1cc2cc3c(cc2c(F)c1F)CC(C)CC3. The van der Waals surface area contributed by atoms with E-state index in [1.54, 1.807) is 0 Å². The maximum atomic E-state index is 14.3. The fraction of sp³-hybridized carbons (Fsp3) is 0.444. The smallest absolute Gasteiger partial charge is 0.166 e. The van der Waals surface area contributed by atoms with Crippen molar-refractivity contribution < 1.29 is 8.78 Å². The molecule has 1 unspecified atom stereocenters. The molecule has 106 valence electrons. The summed E-state index contributed by atoms with van der Waals surface area (Å²) in [5.41, 5.74) is 3.00. The Morgan fingerprint density at radius 1 is 1.10 bits per heavy atom. The number of hydrogen-bond acceptors (Lipinski definition) is 0. The van der Waals surface area contributed by atoms with Gasteiger partial charge in [0.25, 0.3) is 0 Å². The maximum Gasteiger partial charge on any atom is 0.166 e. The zero-order valence-electron chi connectivity index (χ0n) is 12.1.